The van der Waals surface area contributed by atoms with Crippen LogP contribution < -0.4 is 11.1 Å². The van der Waals surface area contributed by atoms with E-state index < -0.39 is 0 Å². The molecule has 1 unspecified atom stereocenters. The van der Waals surface area contributed by atoms with Crippen LogP contribution in [0.5, 0.6) is 0 Å². The van der Waals surface area contributed by atoms with Gasteiger partial charge in [-0.15, -0.1) is 0 Å². The maximum Gasteiger partial charge on any atom is 0.271 e. The lowest BCUT2D eigenvalue weighted by molar-refractivity contribution is 0.0945. The highest BCUT2D eigenvalue weighted by molar-refractivity contribution is 5.92. The molecule has 0 spiro atoms. The predicted molar refractivity (Wildman–Crippen MR) is 83.0 cm³/mol. The summed E-state index contributed by atoms with van der Waals surface area (Å²) in [4.78, 5) is 12.1. The van der Waals surface area contributed by atoms with E-state index in [0.717, 1.165) is 11.3 Å². The second-order valence-electron chi connectivity index (χ2n) is 5.46. The van der Waals surface area contributed by atoms with Crippen LogP contribution in [-0.2, 0) is 7.05 Å². The zero-order valence-electron chi connectivity index (χ0n) is 12.7. The smallest absolute Gasteiger partial charge is 0.271 e. The summed E-state index contributed by atoms with van der Waals surface area (Å²) in [5.74, 6) is 0.138. The molecule has 1 heterocycles. The Balaban J connectivity index is 1.97. The molecule has 1 aromatic carbocycles. The second-order valence-corrected chi connectivity index (χ2v) is 5.46. The van der Waals surface area contributed by atoms with Gasteiger partial charge < -0.3 is 11.1 Å². The zero-order valence-corrected chi connectivity index (χ0v) is 12.7. The summed E-state index contributed by atoms with van der Waals surface area (Å²) in [5, 5.41) is 7.08. The molecule has 0 radical (unpaired) electrons. The summed E-state index contributed by atoms with van der Waals surface area (Å²) in [6.07, 6.45) is 0. The number of nitrogens with two attached hydrogens (primary N) is 1. The van der Waals surface area contributed by atoms with Crippen molar-refractivity contribution in [3.63, 3.8) is 0 Å². The van der Waals surface area contributed by atoms with Crippen LogP contribution in [0, 0.1) is 0 Å². The second kappa shape index (κ2) is 6.54. The largest absolute Gasteiger partial charge is 0.349 e. The van der Waals surface area contributed by atoms with Crippen molar-refractivity contribution in [2.45, 2.75) is 25.8 Å². The lowest BCUT2D eigenvalue weighted by Crippen LogP contribution is -2.32. The minimum atomic E-state index is -0.219. The third-order valence-corrected chi connectivity index (χ3v) is 3.45. The molecule has 5 heteroatoms. The van der Waals surface area contributed by atoms with Gasteiger partial charge >= 0.3 is 0 Å². The van der Waals surface area contributed by atoms with Crippen LogP contribution >= 0.6 is 0 Å². The maximum atomic E-state index is 12.1. The van der Waals surface area contributed by atoms with Crippen molar-refractivity contribution < 1.29 is 4.79 Å². The van der Waals surface area contributed by atoms with E-state index in [9.17, 15) is 4.79 Å². The average Bonchev–Trinajstić information content (AvgIpc) is 2.87. The molecule has 0 aliphatic rings. The first kappa shape index (κ1) is 15.3. The van der Waals surface area contributed by atoms with Gasteiger partial charge in [0.15, 0.2) is 0 Å². The fraction of sp³-hybridized carbons (Fsp3) is 0.375. The average molecular weight is 286 g/mol. The van der Waals surface area contributed by atoms with E-state index in [-0.39, 0.29) is 11.9 Å². The summed E-state index contributed by atoms with van der Waals surface area (Å²) in [6.45, 7) is 4.53. The maximum absolute atomic E-state index is 12.1. The molecule has 0 saturated heterocycles. The fourth-order valence-corrected chi connectivity index (χ4v) is 2.24. The van der Waals surface area contributed by atoms with Crippen molar-refractivity contribution in [2.24, 2.45) is 12.8 Å². The molecule has 21 heavy (non-hydrogen) atoms. The Bertz CT molecular complexity index is 604. The molecule has 1 atom stereocenters. The third-order valence-electron chi connectivity index (χ3n) is 3.45. The number of amides is 1. The molecule has 0 aliphatic carbocycles. The van der Waals surface area contributed by atoms with Gasteiger partial charge in [0.05, 0.1) is 0 Å². The first-order valence-electron chi connectivity index (χ1n) is 7.11. The molecule has 0 aliphatic heterocycles. The summed E-state index contributed by atoms with van der Waals surface area (Å²) in [6, 6.07) is 11.3. The molecule has 0 bridgehead atoms. The number of rotatable bonds is 5. The van der Waals surface area contributed by atoms with Gasteiger partial charge in [-0.25, -0.2) is 0 Å². The van der Waals surface area contributed by atoms with E-state index >= 15 is 0 Å². The van der Waals surface area contributed by atoms with Crippen LogP contribution in [0.25, 0.3) is 0 Å². The van der Waals surface area contributed by atoms with E-state index in [4.69, 9.17) is 5.73 Å². The minimum absolute atomic E-state index is 0.191. The van der Waals surface area contributed by atoms with E-state index in [0.29, 0.717) is 18.2 Å². The standard InChI is InChI=1S/C16H22N4O/c1-11(2)15-9-14(19-20(15)3)16(21)18-10-13(17)12-7-5-4-6-8-12/h4-9,11,13H,10,17H2,1-3H3,(H,18,21). The van der Waals surface area contributed by atoms with Gasteiger partial charge in [-0.1, -0.05) is 44.2 Å². The molecular weight excluding hydrogens is 264 g/mol. The Morgan fingerprint density at radius 2 is 2.00 bits per heavy atom. The minimum Gasteiger partial charge on any atom is -0.349 e. The van der Waals surface area contributed by atoms with E-state index in [1.54, 1.807) is 4.68 Å². The first-order valence-corrected chi connectivity index (χ1v) is 7.11. The molecule has 0 saturated carbocycles. The topological polar surface area (TPSA) is 72.9 Å². The highest BCUT2D eigenvalue weighted by Gasteiger charge is 2.15. The van der Waals surface area contributed by atoms with Crippen LogP contribution in [0.3, 0.4) is 0 Å². The van der Waals surface area contributed by atoms with Crippen LogP contribution in [0.1, 0.15) is 47.6 Å². The number of carbonyl (C=O) groups is 1. The van der Waals surface area contributed by atoms with Crippen LogP contribution in [0.15, 0.2) is 36.4 Å². The summed E-state index contributed by atoms with van der Waals surface area (Å²) < 4.78 is 1.75. The Labute approximate surface area is 125 Å². The van der Waals surface area contributed by atoms with Gasteiger partial charge in [0.25, 0.3) is 5.91 Å². The van der Waals surface area contributed by atoms with Crippen molar-refractivity contribution >= 4 is 5.91 Å². The molecule has 0 fully saturated rings. The molecule has 2 aromatic rings. The molecule has 5 nitrogen and oxygen atoms in total. The van der Waals surface area contributed by atoms with Crippen molar-refractivity contribution in [3.8, 4) is 0 Å². The Morgan fingerprint density at radius 1 is 1.33 bits per heavy atom. The highest BCUT2D eigenvalue weighted by atomic mass is 16.1. The zero-order chi connectivity index (χ0) is 15.4. The molecule has 1 amide bonds. The van der Waals surface area contributed by atoms with E-state index in [2.05, 4.69) is 24.3 Å². The van der Waals surface area contributed by atoms with Crippen LogP contribution in [0.4, 0.5) is 0 Å². The highest BCUT2D eigenvalue weighted by Crippen LogP contribution is 2.15. The molecule has 112 valence electrons. The summed E-state index contributed by atoms with van der Waals surface area (Å²) in [5.41, 5.74) is 8.53. The van der Waals surface area contributed by atoms with Gasteiger partial charge in [-0.05, 0) is 17.5 Å². The van der Waals surface area contributed by atoms with E-state index in [1.807, 2.05) is 43.4 Å². The lowest BCUT2D eigenvalue weighted by Gasteiger charge is -2.12. The number of aromatic nitrogens is 2. The van der Waals surface area contributed by atoms with Gasteiger partial charge in [-0.2, -0.15) is 5.10 Å². The van der Waals surface area contributed by atoms with Gasteiger partial charge in [-0.3, -0.25) is 9.48 Å². The van der Waals surface area contributed by atoms with Crippen LogP contribution in [0.2, 0.25) is 0 Å². The number of nitrogens with zero attached hydrogens (tertiary/aromatic N) is 2. The van der Waals surface area contributed by atoms with E-state index in [1.165, 1.54) is 0 Å². The monoisotopic (exact) mass is 286 g/mol. The number of nitrogens with one attached hydrogen (secondary N) is 1. The predicted octanol–water partition coefficient (Wildman–Crippen LogP) is 1.97. The van der Waals surface area contributed by atoms with Crippen molar-refractivity contribution in [2.75, 3.05) is 6.54 Å². The molecule has 3 N–H and O–H groups in total. The lowest BCUT2D eigenvalue weighted by atomic mass is 10.1. The molecular formula is C16H22N4O. The number of aryl methyl sites for hydroxylation is 1. The summed E-state index contributed by atoms with van der Waals surface area (Å²) >= 11 is 0. The normalized spacial score (nSPS) is 12.4. The van der Waals surface area contributed by atoms with Crippen LogP contribution in [-0.4, -0.2) is 22.2 Å². The van der Waals surface area contributed by atoms with Crippen molar-refractivity contribution in [1.29, 1.82) is 0 Å². The fourth-order valence-electron chi connectivity index (χ4n) is 2.24. The first-order chi connectivity index (χ1) is 9.99. The van der Waals surface area contributed by atoms with Gasteiger partial charge in [0.1, 0.15) is 5.69 Å². The van der Waals surface area contributed by atoms with Gasteiger partial charge in [0, 0.05) is 25.3 Å². The van der Waals surface area contributed by atoms with Crippen molar-refractivity contribution in [3.05, 3.63) is 53.3 Å². The number of hydrogen-bond donors (Lipinski definition) is 2. The van der Waals surface area contributed by atoms with Crippen molar-refractivity contribution in [1.82, 2.24) is 15.1 Å². The third kappa shape index (κ3) is 3.70. The summed E-state index contributed by atoms with van der Waals surface area (Å²) in [7, 11) is 1.85. The Kier molecular flexibility index (Phi) is 4.75. The molecule has 2 rings (SSSR count). The Hall–Kier alpha value is -2.14. The Morgan fingerprint density at radius 3 is 2.57 bits per heavy atom. The van der Waals surface area contributed by atoms with Gasteiger partial charge in [0.2, 0.25) is 0 Å². The number of benzene rings is 1. The number of carbonyl (C=O) groups excluding carboxylic acids is 1. The quantitative estimate of drug-likeness (QED) is 0.882. The molecule has 1 aromatic heterocycles. The SMILES string of the molecule is CC(C)c1cc(C(=O)NCC(N)c2ccccc2)nn1C. The number of hydrogen-bond acceptors (Lipinski definition) is 3.